The molecule has 1 heterocycles. The standard InChI is InChI=1S/C17H27N3O2/c1-18-10-9-17(21)19-13-16(20-11-3-4-12-20)14-5-7-15(22-2)8-6-14/h5-8,16,18H,3-4,9-13H2,1-2H3,(H,19,21). The van der Waals surface area contributed by atoms with Crippen molar-refractivity contribution in [3.05, 3.63) is 29.8 Å². The third-order valence-electron chi connectivity index (χ3n) is 4.18. The molecule has 1 aromatic carbocycles. The number of rotatable bonds is 8. The lowest BCUT2D eigenvalue weighted by molar-refractivity contribution is -0.121. The molecule has 1 amide bonds. The minimum absolute atomic E-state index is 0.104. The number of ether oxygens (including phenoxy) is 1. The Morgan fingerprint density at radius 3 is 2.55 bits per heavy atom. The van der Waals surface area contributed by atoms with E-state index in [0.29, 0.717) is 19.5 Å². The number of hydrogen-bond donors (Lipinski definition) is 2. The quantitative estimate of drug-likeness (QED) is 0.765. The van der Waals surface area contributed by atoms with Gasteiger partial charge >= 0.3 is 0 Å². The van der Waals surface area contributed by atoms with Crippen molar-refractivity contribution in [1.29, 1.82) is 0 Å². The number of likely N-dealkylation sites (tertiary alicyclic amines) is 1. The molecule has 1 aromatic rings. The van der Waals surface area contributed by atoms with Crippen molar-refractivity contribution in [1.82, 2.24) is 15.5 Å². The second kappa shape index (κ2) is 8.76. The van der Waals surface area contributed by atoms with E-state index >= 15 is 0 Å². The molecule has 1 aliphatic rings. The van der Waals surface area contributed by atoms with E-state index in [-0.39, 0.29) is 11.9 Å². The fraction of sp³-hybridized carbons (Fsp3) is 0.588. The van der Waals surface area contributed by atoms with Gasteiger partial charge in [-0.05, 0) is 50.7 Å². The molecule has 2 rings (SSSR count). The average Bonchev–Trinajstić information content (AvgIpc) is 3.08. The highest BCUT2D eigenvalue weighted by atomic mass is 16.5. The molecule has 1 aliphatic heterocycles. The Kier molecular flexibility index (Phi) is 6.68. The third-order valence-corrected chi connectivity index (χ3v) is 4.18. The molecule has 122 valence electrons. The van der Waals surface area contributed by atoms with Crippen LogP contribution in [-0.4, -0.2) is 51.1 Å². The van der Waals surface area contributed by atoms with Gasteiger partial charge in [0.25, 0.3) is 0 Å². The van der Waals surface area contributed by atoms with Gasteiger partial charge in [-0.3, -0.25) is 9.69 Å². The van der Waals surface area contributed by atoms with E-state index in [1.54, 1.807) is 7.11 Å². The van der Waals surface area contributed by atoms with Crippen LogP contribution in [0.4, 0.5) is 0 Å². The predicted octanol–water partition coefficient (Wildman–Crippen LogP) is 1.56. The molecule has 0 saturated carbocycles. The maximum Gasteiger partial charge on any atom is 0.221 e. The summed E-state index contributed by atoms with van der Waals surface area (Å²) in [6.07, 6.45) is 2.99. The topological polar surface area (TPSA) is 53.6 Å². The smallest absolute Gasteiger partial charge is 0.221 e. The van der Waals surface area contributed by atoms with Crippen molar-refractivity contribution in [3.63, 3.8) is 0 Å². The summed E-state index contributed by atoms with van der Waals surface area (Å²) < 4.78 is 5.23. The van der Waals surface area contributed by atoms with Crippen LogP contribution in [0.15, 0.2) is 24.3 Å². The Morgan fingerprint density at radius 2 is 1.95 bits per heavy atom. The number of methoxy groups -OCH3 is 1. The van der Waals surface area contributed by atoms with Crippen molar-refractivity contribution in [2.24, 2.45) is 0 Å². The maximum absolute atomic E-state index is 11.9. The molecule has 5 nitrogen and oxygen atoms in total. The van der Waals surface area contributed by atoms with Crippen LogP contribution in [0.1, 0.15) is 30.9 Å². The van der Waals surface area contributed by atoms with Crippen LogP contribution in [0.2, 0.25) is 0 Å². The average molecular weight is 305 g/mol. The van der Waals surface area contributed by atoms with Crippen LogP contribution < -0.4 is 15.4 Å². The van der Waals surface area contributed by atoms with Gasteiger partial charge in [0, 0.05) is 19.5 Å². The number of carbonyl (C=O) groups is 1. The molecule has 0 aromatic heterocycles. The zero-order valence-electron chi connectivity index (χ0n) is 13.6. The number of hydrogen-bond acceptors (Lipinski definition) is 4. The summed E-state index contributed by atoms with van der Waals surface area (Å²) in [5.74, 6) is 0.967. The fourth-order valence-electron chi connectivity index (χ4n) is 2.87. The maximum atomic E-state index is 11.9. The largest absolute Gasteiger partial charge is 0.497 e. The molecule has 0 bridgehead atoms. The van der Waals surface area contributed by atoms with Crippen LogP contribution in [0.5, 0.6) is 5.75 Å². The lowest BCUT2D eigenvalue weighted by Crippen LogP contribution is -2.37. The van der Waals surface area contributed by atoms with Gasteiger partial charge in [-0.15, -0.1) is 0 Å². The normalized spacial score (nSPS) is 16.5. The van der Waals surface area contributed by atoms with E-state index in [1.807, 2.05) is 19.2 Å². The molecule has 1 unspecified atom stereocenters. The second-order valence-corrected chi connectivity index (χ2v) is 5.69. The van der Waals surface area contributed by atoms with Crippen molar-refractivity contribution in [3.8, 4) is 5.75 Å². The Morgan fingerprint density at radius 1 is 1.27 bits per heavy atom. The monoisotopic (exact) mass is 305 g/mol. The van der Waals surface area contributed by atoms with E-state index < -0.39 is 0 Å². The van der Waals surface area contributed by atoms with E-state index in [2.05, 4.69) is 27.7 Å². The first-order valence-corrected chi connectivity index (χ1v) is 8.04. The Balaban J connectivity index is 2.00. The minimum atomic E-state index is 0.104. The van der Waals surface area contributed by atoms with Gasteiger partial charge in [-0.2, -0.15) is 0 Å². The van der Waals surface area contributed by atoms with Gasteiger partial charge in [0.05, 0.1) is 13.2 Å². The number of carbonyl (C=O) groups excluding carboxylic acids is 1. The van der Waals surface area contributed by atoms with Crippen molar-refractivity contribution >= 4 is 5.91 Å². The summed E-state index contributed by atoms with van der Waals surface area (Å²) in [7, 11) is 3.53. The number of nitrogens with zero attached hydrogens (tertiary/aromatic N) is 1. The van der Waals surface area contributed by atoms with Crippen molar-refractivity contribution in [2.45, 2.75) is 25.3 Å². The van der Waals surface area contributed by atoms with Gasteiger partial charge in [0.15, 0.2) is 0 Å². The zero-order valence-corrected chi connectivity index (χ0v) is 13.6. The Hall–Kier alpha value is -1.59. The SMILES string of the molecule is CNCCC(=O)NCC(c1ccc(OC)cc1)N1CCCC1. The van der Waals surface area contributed by atoms with Gasteiger partial charge in [0.1, 0.15) is 5.75 Å². The van der Waals surface area contributed by atoms with E-state index in [1.165, 1.54) is 18.4 Å². The Labute approximate surface area is 133 Å². The molecule has 1 atom stereocenters. The first-order valence-electron chi connectivity index (χ1n) is 8.04. The van der Waals surface area contributed by atoms with Crippen LogP contribution in [0.3, 0.4) is 0 Å². The van der Waals surface area contributed by atoms with Crippen LogP contribution in [-0.2, 0) is 4.79 Å². The highest BCUT2D eigenvalue weighted by Crippen LogP contribution is 2.26. The zero-order chi connectivity index (χ0) is 15.8. The summed E-state index contributed by atoms with van der Waals surface area (Å²) >= 11 is 0. The lowest BCUT2D eigenvalue weighted by Gasteiger charge is -2.28. The van der Waals surface area contributed by atoms with Crippen LogP contribution >= 0.6 is 0 Å². The second-order valence-electron chi connectivity index (χ2n) is 5.69. The summed E-state index contributed by atoms with van der Waals surface area (Å²) in [6.45, 7) is 3.57. The molecule has 0 radical (unpaired) electrons. The van der Waals surface area contributed by atoms with Gasteiger partial charge in [-0.25, -0.2) is 0 Å². The van der Waals surface area contributed by atoms with Gasteiger partial charge in [-0.1, -0.05) is 12.1 Å². The summed E-state index contributed by atoms with van der Waals surface area (Å²) in [5.41, 5.74) is 1.23. The summed E-state index contributed by atoms with van der Waals surface area (Å²) in [6, 6.07) is 8.41. The molecule has 22 heavy (non-hydrogen) atoms. The van der Waals surface area contributed by atoms with E-state index in [9.17, 15) is 4.79 Å². The predicted molar refractivity (Wildman–Crippen MR) is 88.1 cm³/mol. The number of amides is 1. The molecular weight excluding hydrogens is 278 g/mol. The molecule has 0 spiro atoms. The Bertz CT molecular complexity index is 455. The summed E-state index contributed by atoms with van der Waals surface area (Å²) in [5, 5.41) is 6.07. The first kappa shape index (κ1) is 16.8. The minimum Gasteiger partial charge on any atom is -0.497 e. The molecular formula is C17H27N3O2. The van der Waals surface area contributed by atoms with Crippen LogP contribution in [0.25, 0.3) is 0 Å². The van der Waals surface area contributed by atoms with Crippen molar-refractivity contribution in [2.75, 3.05) is 40.3 Å². The van der Waals surface area contributed by atoms with Crippen LogP contribution in [0, 0.1) is 0 Å². The number of nitrogens with one attached hydrogen (secondary N) is 2. The first-order chi connectivity index (χ1) is 10.7. The fourth-order valence-corrected chi connectivity index (χ4v) is 2.87. The van der Waals surface area contributed by atoms with Gasteiger partial charge < -0.3 is 15.4 Å². The van der Waals surface area contributed by atoms with E-state index in [0.717, 1.165) is 18.8 Å². The molecule has 1 fully saturated rings. The lowest BCUT2D eigenvalue weighted by atomic mass is 10.1. The molecule has 2 N–H and O–H groups in total. The van der Waals surface area contributed by atoms with Gasteiger partial charge in [0.2, 0.25) is 5.91 Å². The number of benzene rings is 1. The third kappa shape index (κ3) is 4.71. The molecule has 1 saturated heterocycles. The highest BCUT2D eigenvalue weighted by molar-refractivity contribution is 5.76. The molecule has 5 heteroatoms. The molecule has 0 aliphatic carbocycles. The summed E-state index contributed by atoms with van der Waals surface area (Å²) in [4.78, 5) is 14.3. The van der Waals surface area contributed by atoms with E-state index in [4.69, 9.17) is 4.74 Å². The van der Waals surface area contributed by atoms with Crippen molar-refractivity contribution < 1.29 is 9.53 Å². The highest BCUT2D eigenvalue weighted by Gasteiger charge is 2.23.